The predicted octanol–water partition coefficient (Wildman–Crippen LogP) is 5.11. The van der Waals surface area contributed by atoms with E-state index in [1.54, 1.807) is 38.1 Å². The van der Waals surface area contributed by atoms with Crippen LogP contribution in [-0.2, 0) is 9.53 Å². The summed E-state index contributed by atoms with van der Waals surface area (Å²) in [4.78, 5) is 24.1. The maximum absolute atomic E-state index is 12.4. The number of anilines is 1. The van der Waals surface area contributed by atoms with Crippen LogP contribution in [0.4, 0.5) is 5.69 Å². The second-order valence-corrected chi connectivity index (χ2v) is 6.48. The molecule has 0 aromatic heterocycles. The van der Waals surface area contributed by atoms with Crippen molar-refractivity contribution in [1.29, 1.82) is 5.26 Å². The van der Waals surface area contributed by atoms with Gasteiger partial charge >= 0.3 is 5.97 Å². The lowest BCUT2D eigenvalue weighted by Crippen LogP contribution is -2.13. The van der Waals surface area contributed by atoms with Crippen LogP contribution in [-0.4, -0.2) is 25.1 Å². The molecule has 2 aromatic carbocycles. The van der Waals surface area contributed by atoms with Crippen molar-refractivity contribution in [3.05, 3.63) is 63.1 Å². The molecule has 0 fully saturated rings. The SMILES string of the molecule is CCOC(=O)c1ccc(NC(=O)/C(C#N)=C/c2cc(Cl)c(OCC)c(Cl)c2)cc1. The average Bonchev–Trinajstić information content (AvgIpc) is 2.69. The van der Waals surface area contributed by atoms with Crippen molar-refractivity contribution >= 4 is 46.8 Å². The van der Waals surface area contributed by atoms with Gasteiger partial charge in [0.15, 0.2) is 5.75 Å². The molecule has 0 aliphatic rings. The molecule has 29 heavy (non-hydrogen) atoms. The molecule has 6 nitrogen and oxygen atoms in total. The van der Waals surface area contributed by atoms with Crippen molar-refractivity contribution in [3.63, 3.8) is 0 Å². The third-order valence-corrected chi connectivity index (χ3v) is 4.20. The highest BCUT2D eigenvalue weighted by Crippen LogP contribution is 2.34. The van der Waals surface area contributed by atoms with Crippen molar-refractivity contribution in [1.82, 2.24) is 0 Å². The molecule has 0 aliphatic heterocycles. The molecule has 0 radical (unpaired) electrons. The van der Waals surface area contributed by atoms with Crippen molar-refractivity contribution in [2.75, 3.05) is 18.5 Å². The topological polar surface area (TPSA) is 88.4 Å². The van der Waals surface area contributed by atoms with Gasteiger partial charge in [-0.3, -0.25) is 4.79 Å². The summed E-state index contributed by atoms with van der Waals surface area (Å²) >= 11 is 12.3. The molecule has 150 valence electrons. The zero-order valence-corrected chi connectivity index (χ0v) is 17.3. The van der Waals surface area contributed by atoms with Crippen LogP contribution in [0.1, 0.15) is 29.8 Å². The second-order valence-electron chi connectivity index (χ2n) is 5.67. The fourth-order valence-corrected chi connectivity index (χ4v) is 2.98. The number of nitriles is 1. The lowest BCUT2D eigenvalue weighted by Gasteiger charge is -2.09. The Morgan fingerprint density at radius 2 is 1.72 bits per heavy atom. The van der Waals surface area contributed by atoms with E-state index in [0.29, 0.717) is 29.2 Å². The monoisotopic (exact) mass is 432 g/mol. The number of benzene rings is 2. The van der Waals surface area contributed by atoms with Crippen molar-refractivity contribution in [3.8, 4) is 11.8 Å². The first-order valence-corrected chi connectivity index (χ1v) is 9.47. The number of halogens is 2. The summed E-state index contributed by atoms with van der Waals surface area (Å²) in [7, 11) is 0. The standard InChI is InChI=1S/C21H18Cl2N2O4/c1-3-28-19-17(22)10-13(11-18(19)23)9-15(12-24)20(26)25-16-7-5-14(6-8-16)21(27)29-4-2/h5-11H,3-4H2,1-2H3,(H,25,26)/b15-9+. The van der Waals surface area contributed by atoms with Crippen LogP contribution in [0.25, 0.3) is 6.08 Å². The number of esters is 1. The zero-order valence-electron chi connectivity index (χ0n) is 15.8. The highest BCUT2D eigenvalue weighted by atomic mass is 35.5. The van der Waals surface area contributed by atoms with Gasteiger partial charge in [-0.2, -0.15) is 5.26 Å². The number of nitrogens with one attached hydrogen (secondary N) is 1. The van der Waals surface area contributed by atoms with Gasteiger partial charge in [0.1, 0.15) is 11.6 Å². The van der Waals surface area contributed by atoms with Crippen molar-refractivity contribution in [2.24, 2.45) is 0 Å². The zero-order chi connectivity index (χ0) is 21.4. The van der Waals surface area contributed by atoms with E-state index in [2.05, 4.69) is 5.32 Å². The predicted molar refractivity (Wildman–Crippen MR) is 112 cm³/mol. The molecule has 0 saturated carbocycles. The molecule has 2 aromatic rings. The number of ether oxygens (including phenoxy) is 2. The van der Waals surface area contributed by atoms with Crippen LogP contribution in [0.3, 0.4) is 0 Å². The Bertz CT molecular complexity index is 956. The van der Waals surface area contributed by atoms with Crippen LogP contribution in [0, 0.1) is 11.3 Å². The minimum Gasteiger partial charge on any atom is -0.491 e. The molecule has 0 bridgehead atoms. The summed E-state index contributed by atoms with van der Waals surface area (Å²) < 4.78 is 10.3. The molecule has 0 atom stereocenters. The number of amides is 1. The Labute approximate surface area is 178 Å². The smallest absolute Gasteiger partial charge is 0.338 e. The summed E-state index contributed by atoms with van der Waals surface area (Å²) in [6.07, 6.45) is 1.37. The van der Waals surface area contributed by atoms with Gasteiger partial charge in [0, 0.05) is 5.69 Å². The van der Waals surface area contributed by atoms with E-state index in [1.165, 1.54) is 18.2 Å². The Morgan fingerprint density at radius 1 is 1.10 bits per heavy atom. The number of carbonyl (C=O) groups excluding carboxylic acids is 2. The first-order valence-electron chi connectivity index (χ1n) is 8.71. The minimum atomic E-state index is -0.613. The maximum Gasteiger partial charge on any atom is 0.338 e. The molecule has 1 N–H and O–H groups in total. The molecular formula is C21H18Cl2N2O4. The number of nitrogens with zero attached hydrogens (tertiary/aromatic N) is 1. The highest BCUT2D eigenvalue weighted by Gasteiger charge is 2.13. The summed E-state index contributed by atoms with van der Waals surface area (Å²) in [5, 5.41) is 12.5. The molecule has 0 aliphatic carbocycles. The van der Waals surface area contributed by atoms with Gasteiger partial charge < -0.3 is 14.8 Å². The van der Waals surface area contributed by atoms with Gasteiger partial charge in [-0.25, -0.2) is 4.79 Å². The highest BCUT2D eigenvalue weighted by molar-refractivity contribution is 6.37. The molecule has 8 heteroatoms. The third-order valence-electron chi connectivity index (χ3n) is 3.64. The van der Waals surface area contributed by atoms with E-state index in [1.807, 2.05) is 6.07 Å². The summed E-state index contributed by atoms with van der Waals surface area (Å²) in [6.45, 7) is 4.19. The van der Waals surface area contributed by atoms with Gasteiger partial charge in [-0.15, -0.1) is 0 Å². The summed E-state index contributed by atoms with van der Waals surface area (Å²) in [5.74, 6) is -0.720. The van der Waals surface area contributed by atoms with Crippen molar-refractivity contribution in [2.45, 2.75) is 13.8 Å². The van der Waals surface area contributed by atoms with Gasteiger partial charge in [0.25, 0.3) is 5.91 Å². The first kappa shape index (κ1) is 22.3. The van der Waals surface area contributed by atoms with E-state index in [0.717, 1.165) is 0 Å². The van der Waals surface area contributed by atoms with Crippen LogP contribution < -0.4 is 10.1 Å². The lowest BCUT2D eigenvalue weighted by molar-refractivity contribution is -0.112. The minimum absolute atomic E-state index is 0.143. The third kappa shape index (κ3) is 5.98. The molecule has 2 rings (SSSR count). The van der Waals surface area contributed by atoms with E-state index in [-0.39, 0.29) is 22.2 Å². The van der Waals surface area contributed by atoms with E-state index in [4.69, 9.17) is 32.7 Å². The largest absolute Gasteiger partial charge is 0.491 e. The van der Waals surface area contributed by atoms with Crippen LogP contribution in [0.5, 0.6) is 5.75 Å². The van der Waals surface area contributed by atoms with Gasteiger partial charge in [0.2, 0.25) is 0 Å². The Hall–Kier alpha value is -3.01. The molecular weight excluding hydrogens is 415 g/mol. The molecule has 0 saturated heterocycles. The van der Waals surface area contributed by atoms with Crippen LogP contribution in [0.15, 0.2) is 42.0 Å². The fourth-order valence-electron chi connectivity index (χ4n) is 2.36. The first-order chi connectivity index (χ1) is 13.9. The van der Waals surface area contributed by atoms with E-state index < -0.39 is 11.9 Å². The molecule has 0 spiro atoms. The average molecular weight is 433 g/mol. The van der Waals surface area contributed by atoms with E-state index >= 15 is 0 Å². The number of hydrogen-bond acceptors (Lipinski definition) is 5. The molecule has 0 unspecified atom stereocenters. The molecule has 1 amide bonds. The fraction of sp³-hybridized carbons (Fsp3) is 0.190. The Kier molecular flexibility index (Phi) is 8.08. The summed E-state index contributed by atoms with van der Waals surface area (Å²) in [6, 6.07) is 11.1. The number of rotatable bonds is 7. The maximum atomic E-state index is 12.4. The van der Waals surface area contributed by atoms with Crippen molar-refractivity contribution < 1.29 is 19.1 Å². The molecule has 0 heterocycles. The second kappa shape index (κ2) is 10.5. The Balaban J connectivity index is 2.18. The Morgan fingerprint density at radius 3 is 2.24 bits per heavy atom. The van der Waals surface area contributed by atoms with Gasteiger partial charge in [-0.05, 0) is 61.9 Å². The number of carbonyl (C=O) groups is 2. The van der Waals surface area contributed by atoms with Crippen LogP contribution in [0.2, 0.25) is 10.0 Å². The quantitative estimate of drug-likeness (QED) is 0.372. The summed E-state index contributed by atoms with van der Waals surface area (Å²) in [5.41, 5.74) is 1.12. The van der Waals surface area contributed by atoms with Gasteiger partial charge in [0.05, 0.1) is 28.8 Å². The normalized spacial score (nSPS) is 10.8. The lowest BCUT2D eigenvalue weighted by atomic mass is 10.1. The van der Waals surface area contributed by atoms with Crippen LogP contribution >= 0.6 is 23.2 Å². The number of hydrogen-bond donors (Lipinski definition) is 1. The van der Waals surface area contributed by atoms with E-state index in [9.17, 15) is 14.9 Å². The van der Waals surface area contributed by atoms with Gasteiger partial charge in [-0.1, -0.05) is 23.2 Å².